The van der Waals surface area contributed by atoms with Gasteiger partial charge in [0, 0.05) is 14.5 Å². The van der Waals surface area contributed by atoms with Gasteiger partial charge in [-0.3, -0.25) is 0 Å². The minimum atomic E-state index is -0.238. The van der Waals surface area contributed by atoms with Gasteiger partial charge >= 0.3 is 0 Å². The van der Waals surface area contributed by atoms with Gasteiger partial charge in [-0.15, -0.1) is 0 Å². The molecule has 2 nitrogen and oxygen atoms in total. The Morgan fingerprint density at radius 2 is 1.86 bits per heavy atom. The molecule has 0 bridgehead atoms. The van der Waals surface area contributed by atoms with E-state index in [9.17, 15) is 4.39 Å². The summed E-state index contributed by atoms with van der Waals surface area (Å²) in [4.78, 5) is 0. The summed E-state index contributed by atoms with van der Waals surface area (Å²) in [6.07, 6.45) is 0. The lowest BCUT2D eigenvalue weighted by molar-refractivity contribution is 0.414. The molecule has 2 rings (SSSR count). The monoisotopic (exact) mass is 415 g/mol. The number of benzene rings is 2. The van der Waals surface area contributed by atoms with Gasteiger partial charge in [0.2, 0.25) is 0 Å². The van der Waals surface area contributed by atoms with Gasteiger partial charge in [0.25, 0.3) is 0 Å². The second-order valence-electron chi connectivity index (χ2n) is 4.54. The molecule has 112 valence electrons. The summed E-state index contributed by atoms with van der Waals surface area (Å²) in [5, 5.41) is 3.33. The van der Waals surface area contributed by atoms with Gasteiger partial charge < -0.3 is 10.1 Å². The van der Waals surface area contributed by atoms with Crippen molar-refractivity contribution in [2.45, 2.75) is 13.0 Å². The molecule has 0 saturated heterocycles. The fourth-order valence-electron chi connectivity index (χ4n) is 2.20. The predicted octanol–water partition coefficient (Wildman–Crippen LogP) is 5.06. The minimum Gasteiger partial charge on any atom is -0.497 e. The van der Waals surface area contributed by atoms with Crippen molar-refractivity contribution in [1.82, 2.24) is 5.32 Å². The molecule has 1 atom stereocenters. The Hall–Kier alpha value is -0.910. The molecule has 0 aliphatic rings. The van der Waals surface area contributed by atoms with Crippen molar-refractivity contribution in [2.24, 2.45) is 0 Å². The number of rotatable bonds is 5. The van der Waals surface area contributed by atoms with Gasteiger partial charge in [-0.2, -0.15) is 0 Å². The third-order valence-electron chi connectivity index (χ3n) is 3.20. The van der Waals surface area contributed by atoms with Gasteiger partial charge in [-0.25, -0.2) is 4.39 Å². The molecule has 0 aromatic heterocycles. The molecule has 2 aromatic carbocycles. The summed E-state index contributed by atoms with van der Waals surface area (Å²) < 4.78 is 21.1. The molecule has 0 amide bonds. The summed E-state index contributed by atoms with van der Waals surface area (Å²) in [7, 11) is 1.62. The van der Waals surface area contributed by atoms with Crippen LogP contribution in [0, 0.1) is 5.82 Å². The number of methoxy groups -OCH3 is 1. The van der Waals surface area contributed by atoms with Crippen LogP contribution < -0.4 is 10.1 Å². The average molecular weight is 417 g/mol. The van der Waals surface area contributed by atoms with Crippen LogP contribution in [0.2, 0.25) is 0 Å². The Labute approximate surface area is 141 Å². The molecule has 0 radical (unpaired) electrons. The van der Waals surface area contributed by atoms with Gasteiger partial charge in [-0.05, 0) is 36.4 Å². The number of hydrogen-bond donors (Lipinski definition) is 1. The molecule has 0 spiro atoms. The van der Waals surface area contributed by atoms with E-state index in [1.165, 1.54) is 6.07 Å². The molecule has 0 heterocycles. The van der Waals surface area contributed by atoms with Gasteiger partial charge in [0.05, 0.1) is 13.2 Å². The quantitative estimate of drug-likeness (QED) is 0.735. The van der Waals surface area contributed by atoms with Crippen LogP contribution in [0.15, 0.2) is 45.3 Å². The lowest BCUT2D eigenvalue weighted by Gasteiger charge is -2.21. The van der Waals surface area contributed by atoms with Gasteiger partial charge in [-0.1, -0.05) is 50.9 Å². The number of ether oxygens (including phenoxy) is 1. The normalized spacial score (nSPS) is 12.2. The lowest BCUT2D eigenvalue weighted by atomic mass is 9.98. The van der Waals surface area contributed by atoms with E-state index in [1.807, 2.05) is 31.2 Å². The zero-order chi connectivity index (χ0) is 15.4. The molecule has 5 heteroatoms. The van der Waals surface area contributed by atoms with E-state index in [0.717, 1.165) is 26.8 Å². The second kappa shape index (κ2) is 7.38. The van der Waals surface area contributed by atoms with E-state index < -0.39 is 0 Å². The number of nitrogens with one attached hydrogen (secondary N) is 1. The van der Waals surface area contributed by atoms with Crippen LogP contribution in [-0.4, -0.2) is 13.7 Å². The van der Waals surface area contributed by atoms with Gasteiger partial charge in [0.1, 0.15) is 11.6 Å². The molecule has 1 unspecified atom stereocenters. The number of halogens is 3. The van der Waals surface area contributed by atoms with Crippen molar-refractivity contribution in [2.75, 3.05) is 13.7 Å². The summed E-state index contributed by atoms with van der Waals surface area (Å²) in [5.74, 6) is 0.523. The van der Waals surface area contributed by atoms with E-state index in [0.29, 0.717) is 5.56 Å². The Balaban J connectivity index is 2.48. The molecule has 0 aliphatic carbocycles. The molecule has 2 aromatic rings. The topological polar surface area (TPSA) is 21.3 Å². The van der Waals surface area contributed by atoms with E-state index >= 15 is 0 Å². The highest BCUT2D eigenvalue weighted by molar-refractivity contribution is 9.10. The van der Waals surface area contributed by atoms with Crippen LogP contribution in [0.3, 0.4) is 0 Å². The van der Waals surface area contributed by atoms with Crippen molar-refractivity contribution in [3.8, 4) is 5.75 Å². The Morgan fingerprint density at radius 1 is 1.14 bits per heavy atom. The first-order valence-electron chi connectivity index (χ1n) is 6.58. The molecular weight excluding hydrogens is 401 g/mol. The van der Waals surface area contributed by atoms with Crippen molar-refractivity contribution in [3.05, 3.63) is 62.3 Å². The summed E-state index contributed by atoms with van der Waals surface area (Å²) in [6.45, 7) is 2.74. The molecule has 1 N–H and O–H groups in total. The largest absolute Gasteiger partial charge is 0.497 e. The first-order chi connectivity index (χ1) is 10.1. The van der Waals surface area contributed by atoms with E-state index in [-0.39, 0.29) is 11.9 Å². The highest BCUT2D eigenvalue weighted by atomic mass is 79.9. The summed E-state index contributed by atoms with van der Waals surface area (Å²) >= 11 is 6.83. The molecule has 0 saturated carbocycles. The maximum absolute atomic E-state index is 14.3. The van der Waals surface area contributed by atoms with E-state index in [4.69, 9.17) is 4.74 Å². The summed E-state index contributed by atoms with van der Waals surface area (Å²) in [6, 6.07) is 10.6. The number of hydrogen-bond acceptors (Lipinski definition) is 2. The fourth-order valence-corrected chi connectivity index (χ4v) is 3.12. The zero-order valence-corrected chi connectivity index (χ0v) is 15.0. The predicted molar refractivity (Wildman–Crippen MR) is 90.3 cm³/mol. The van der Waals surface area contributed by atoms with Crippen LogP contribution in [0.4, 0.5) is 4.39 Å². The average Bonchev–Trinajstić information content (AvgIpc) is 2.46. The highest BCUT2D eigenvalue weighted by Gasteiger charge is 2.19. The Morgan fingerprint density at radius 3 is 2.43 bits per heavy atom. The Bertz CT molecular complexity index is 634. The van der Waals surface area contributed by atoms with Crippen LogP contribution in [0.1, 0.15) is 24.1 Å². The van der Waals surface area contributed by atoms with Crippen molar-refractivity contribution >= 4 is 31.9 Å². The molecule has 21 heavy (non-hydrogen) atoms. The maximum Gasteiger partial charge on any atom is 0.129 e. The van der Waals surface area contributed by atoms with Crippen LogP contribution in [-0.2, 0) is 0 Å². The van der Waals surface area contributed by atoms with Gasteiger partial charge in [0.15, 0.2) is 0 Å². The highest BCUT2D eigenvalue weighted by Crippen LogP contribution is 2.33. The Kier molecular flexibility index (Phi) is 5.79. The first-order valence-corrected chi connectivity index (χ1v) is 8.17. The second-order valence-corrected chi connectivity index (χ2v) is 6.31. The zero-order valence-electron chi connectivity index (χ0n) is 11.8. The third-order valence-corrected chi connectivity index (χ3v) is 4.38. The lowest BCUT2D eigenvalue weighted by Crippen LogP contribution is -2.23. The van der Waals surface area contributed by atoms with Crippen LogP contribution in [0.5, 0.6) is 5.75 Å². The molecular formula is C16H16Br2FNO. The molecule has 0 aliphatic heterocycles. The van der Waals surface area contributed by atoms with Crippen LogP contribution in [0.25, 0.3) is 0 Å². The molecule has 0 fully saturated rings. The first kappa shape index (κ1) is 16.5. The van der Waals surface area contributed by atoms with Crippen molar-refractivity contribution < 1.29 is 9.13 Å². The maximum atomic E-state index is 14.3. The van der Waals surface area contributed by atoms with E-state index in [1.54, 1.807) is 13.2 Å². The summed E-state index contributed by atoms with van der Waals surface area (Å²) in [5.41, 5.74) is 1.59. The van der Waals surface area contributed by atoms with E-state index in [2.05, 4.69) is 37.2 Å². The fraction of sp³-hybridized carbons (Fsp3) is 0.250. The van der Waals surface area contributed by atoms with Crippen molar-refractivity contribution in [3.63, 3.8) is 0 Å². The SMILES string of the molecule is CCNC(c1ccc(Br)cc1F)c1ccc(OC)cc1Br. The van der Waals surface area contributed by atoms with Crippen molar-refractivity contribution in [1.29, 1.82) is 0 Å². The third kappa shape index (κ3) is 3.84. The minimum absolute atomic E-state index is 0.219. The van der Waals surface area contributed by atoms with Crippen LogP contribution >= 0.6 is 31.9 Å². The smallest absolute Gasteiger partial charge is 0.129 e. The standard InChI is InChI=1S/C16H16Br2FNO/c1-3-20-16(13-6-4-10(17)8-15(13)19)12-7-5-11(21-2)9-14(12)18/h4-9,16,20H,3H2,1-2H3.